The second kappa shape index (κ2) is 14.8. The number of rotatable bonds is 15. The summed E-state index contributed by atoms with van der Waals surface area (Å²) in [5.41, 5.74) is -1.24. The Bertz CT molecular complexity index is 1980. The van der Waals surface area contributed by atoms with E-state index in [2.05, 4.69) is 65.0 Å². The average molecular weight is 787 g/mol. The number of halogens is 1. The summed E-state index contributed by atoms with van der Waals surface area (Å²) in [7, 11) is -4.60. The van der Waals surface area contributed by atoms with E-state index in [4.69, 9.17) is 23.3 Å². The lowest BCUT2D eigenvalue weighted by Crippen LogP contribution is -2.49. The van der Waals surface area contributed by atoms with Crippen LogP contribution < -0.4 is 10.6 Å². The molecule has 0 radical (unpaired) electrons. The normalized spacial score (nSPS) is 30.9. The zero-order chi connectivity index (χ0) is 35.9. The van der Waals surface area contributed by atoms with Gasteiger partial charge in [-0.2, -0.15) is 0 Å². The number of aromatic nitrogens is 8. The molecule has 0 aliphatic carbocycles. The highest BCUT2D eigenvalue weighted by Gasteiger charge is 2.69. The zero-order valence-corrected chi connectivity index (χ0v) is 30.2. The minimum atomic E-state index is -2.31. The number of aliphatic hydroxyl groups is 2. The third-order valence-electron chi connectivity index (χ3n) is 9.17. The van der Waals surface area contributed by atoms with Crippen LogP contribution >= 0.6 is 39.0 Å². The van der Waals surface area contributed by atoms with Crippen molar-refractivity contribution in [3.63, 3.8) is 0 Å². The predicted molar refractivity (Wildman–Crippen MR) is 184 cm³/mol. The van der Waals surface area contributed by atoms with Crippen LogP contribution in [0.25, 0.3) is 22.3 Å². The Hall–Kier alpha value is -3.01. The number of fused-ring (bicyclic) bond motifs is 4. The number of anilines is 2. The van der Waals surface area contributed by atoms with E-state index in [1.54, 1.807) is 11.5 Å². The molecule has 2 bridgehead atoms. The van der Waals surface area contributed by atoms with E-state index in [9.17, 15) is 23.7 Å². The van der Waals surface area contributed by atoms with Crippen molar-refractivity contribution in [2.45, 2.75) is 61.4 Å². The number of nitrogens with zero attached hydrogens (tertiary/aromatic N) is 8. The fourth-order valence-corrected chi connectivity index (χ4v) is 8.36. The number of alkyl halides is 1. The zero-order valence-electron chi connectivity index (χ0n) is 26.7. The highest BCUT2D eigenvalue weighted by Crippen LogP contribution is 2.53. The third kappa shape index (κ3) is 6.50. The van der Waals surface area contributed by atoms with Gasteiger partial charge in [-0.1, -0.05) is 12.2 Å². The molecule has 10 atom stereocenters. The highest BCUT2D eigenvalue weighted by molar-refractivity contribution is 8.39. The number of hydrogen-bond acceptors (Lipinski definition) is 17. The van der Waals surface area contributed by atoms with E-state index in [1.165, 1.54) is 29.9 Å². The van der Waals surface area contributed by atoms with E-state index in [-0.39, 0.29) is 6.42 Å². The van der Waals surface area contributed by atoms with Crippen LogP contribution in [-0.4, -0.2) is 118 Å². The molecule has 3 aliphatic rings. The lowest BCUT2D eigenvalue weighted by molar-refractivity contribution is -0.216. The molecule has 0 amide bonds. The summed E-state index contributed by atoms with van der Waals surface area (Å²) in [6, 6.07) is 0. The lowest BCUT2D eigenvalue weighted by Gasteiger charge is -2.34. The molecule has 4 aromatic rings. The summed E-state index contributed by atoms with van der Waals surface area (Å²) in [5.74, 6) is 0.864. The SMILES string of the molecule is C[C@@H]1O[C@H]2[C@H](n3cnc4c(NC/C=C/CNc5ncnc6c5ncn6[C@@]5(CF)C[C@H](O[P+](=O)S)[C@@H](CO)O5)ncnc43)O[C@]1(CO)[C@H]2O[P+](=O)S. The van der Waals surface area contributed by atoms with E-state index >= 15 is 0 Å². The number of ether oxygens (including phenoxy) is 3. The van der Waals surface area contributed by atoms with Gasteiger partial charge < -0.3 is 35.1 Å². The van der Waals surface area contributed by atoms with Crippen LogP contribution in [0.15, 0.2) is 37.5 Å². The highest BCUT2D eigenvalue weighted by atomic mass is 32.7. The Morgan fingerprint density at radius 2 is 1.63 bits per heavy atom. The summed E-state index contributed by atoms with van der Waals surface area (Å²) in [5, 5.41) is 26.4. The average Bonchev–Trinajstić information content (AvgIpc) is 3.93. The fraction of sp³-hybridized carbons (Fsp3) is 0.556. The Morgan fingerprint density at radius 3 is 2.25 bits per heavy atom. The molecule has 0 aromatic carbocycles. The fourth-order valence-electron chi connectivity index (χ4n) is 6.76. The topological polar surface area (TPSA) is 232 Å². The van der Waals surface area contributed by atoms with Crippen LogP contribution in [0, 0.1) is 0 Å². The molecule has 4 aromatic heterocycles. The number of imidazole rings is 2. The number of hydrogen-bond donors (Lipinski definition) is 6. The molecule has 272 valence electrons. The number of nitrogens with one attached hydrogen (secondary N) is 2. The van der Waals surface area contributed by atoms with Gasteiger partial charge in [0.05, 0.1) is 32.0 Å². The molecule has 24 heteroatoms. The third-order valence-corrected chi connectivity index (χ3v) is 10.6. The Morgan fingerprint density at radius 1 is 0.980 bits per heavy atom. The molecule has 51 heavy (non-hydrogen) atoms. The lowest BCUT2D eigenvalue weighted by atomic mass is 9.94. The van der Waals surface area contributed by atoms with Crippen molar-refractivity contribution in [3.05, 3.63) is 37.5 Å². The monoisotopic (exact) mass is 786 g/mol. The first kappa shape index (κ1) is 36.4. The molecule has 0 spiro atoms. The van der Waals surface area contributed by atoms with Gasteiger partial charge in [-0.25, -0.2) is 34.3 Å². The van der Waals surface area contributed by atoms with Crippen molar-refractivity contribution in [3.8, 4) is 0 Å². The van der Waals surface area contributed by atoms with Crippen molar-refractivity contribution >= 4 is 72.9 Å². The summed E-state index contributed by atoms with van der Waals surface area (Å²) in [6.45, 7) is 0.606. The van der Waals surface area contributed by atoms with Crippen LogP contribution in [0.2, 0.25) is 0 Å². The van der Waals surface area contributed by atoms with E-state index in [0.29, 0.717) is 47.1 Å². The summed E-state index contributed by atoms with van der Waals surface area (Å²) in [6.07, 6.45) is 4.70. The van der Waals surface area contributed by atoms with Crippen molar-refractivity contribution in [1.29, 1.82) is 0 Å². The molecule has 19 nitrogen and oxygen atoms in total. The van der Waals surface area contributed by atoms with Gasteiger partial charge in [0, 0.05) is 19.5 Å². The molecular weight excluding hydrogens is 753 g/mol. The van der Waals surface area contributed by atoms with Crippen LogP contribution in [0.3, 0.4) is 0 Å². The van der Waals surface area contributed by atoms with E-state index in [0.717, 1.165) is 0 Å². The summed E-state index contributed by atoms with van der Waals surface area (Å²) in [4.78, 5) is 26.2. The number of thiol groups is 2. The minimum absolute atomic E-state index is 0.0501. The van der Waals surface area contributed by atoms with Gasteiger partial charge in [-0.3, -0.25) is 9.13 Å². The quantitative estimate of drug-likeness (QED) is 0.0577. The molecular formula is C27H33FN10O9P2S2+2. The van der Waals surface area contributed by atoms with E-state index in [1.807, 2.05) is 12.2 Å². The molecule has 3 fully saturated rings. The van der Waals surface area contributed by atoms with Gasteiger partial charge in [0.2, 0.25) is 0 Å². The maximum absolute atomic E-state index is 14.6. The second-order valence-electron chi connectivity index (χ2n) is 11.9. The first-order chi connectivity index (χ1) is 24.6. The molecule has 3 aliphatic heterocycles. The van der Waals surface area contributed by atoms with Gasteiger partial charge in [0.25, 0.3) is 0 Å². The smallest absolute Gasteiger partial charge is 0.394 e. The molecule has 7 rings (SSSR count). The van der Waals surface area contributed by atoms with Gasteiger partial charge in [0.15, 0.2) is 57.6 Å². The van der Waals surface area contributed by atoms with Crippen LogP contribution in [0.5, 0.6) is 0 Å². The van der Waals surface area contributed by atoms with Crippen LogP contribution in [0.1, 0.15) is 19.6 Å². The van der Waals surface area contributed by atoms with Gasteiger partial charge in [-0.15, -0.1) is 9.05 Å². The Balaban J connectivity index is 0.996. The molecule has 4 N–H and O–H groups in total. The molecule has 0 saturated carbocycles. The van der Waals surface area contributed by atoms with Crippen LogP contribution in [0.4, 0.5) is 16.0 Å². The molecule has 3 saturated heterocycles. The summed E-state index contributed by atoms with van der Waals surface area (Å²) >= 11 is 7.66. The molecule has 2 unspecified atom stereocenters. The summed E-state index contributed by atoms with van der Waals surface area (Å²) < 4.78 is 70.1. The van der Waals surface area contributed by atoms with Crippen molar-refractivity contribution in [1.82, 2.24) is 39.0 Å². The maximum Gasteiger partial charge on any atom is 0.582 e. The van der Waals surface area contributed by atoms with Crippen LogP contribution in [-0.2, 0) is 38.1 Å². The Labute approximate surface area is 300 Å². The second-order valence-corrected chi connectivity index (χ2v) is 15.3. The van der Waals surface area contributed by atoms with Gasteiger partial charge in [0.1, 0.15) is 62.1 Å². The van der Waals surface area contributed by atoms with Crippen molar-refractivity contribution < 1.29 is 47.0 Å². The maximum atomic E-state index is 14.6. The van der Waals surface area contributed by atoms with E-state index < -0.39 is 82.4 Å². The van der Waals surface area contributed by atoms with Crippen molar-refractivity contribution in [2.24, 2.45) is 0 Å². The first-order valence-electron chi connectivity index (χ1n) is 15.6. The molecule has 7 heterocycles. The number of aliphatic hydroxyl groups excluding tert-OH is 2. The largest absolute Gasteiger partial charge is 0.582 e. The minimum Gasteiger partial charge on any atom is -0.394 e. The van der Waals surface area contributed by atoms with Crippen molar-refractivity contribution in [2.75, 3.05) is 43.6 Å². The predicted octanol–water partition coefficient (Wildman–Crippen LogP) is 2.44. The van der Waals surface area contributed by atoms with Gasteiger partial charge >= 0.3 is 14.5 Å². The Kier molecular flexibility index (Phi) is 10.5. The first-order valence-corrected chi connectivity index (χ1v) is 20.2. The standard InChI is InChI=1S/C27H31FN10O9P2S2/c1-14-27(9-40)20(47-49(42)51)19(43-14)25(45-27)37-12-35-17-21(31-10-33-23(17)37)29-4-2-3-5-30-22-18-24(34-11-32-22)38(13-36-18)26(8-28)6-15(46-48(41)50)16(7-39)44-26/h2-3,10-16,19-20,25,39-40H,4-9H2,1H3,(H2-2,29,30,31,32,33,34,41,42,50,51)/p+2/b3-2+/t14-,15-,16+,19+,20-,25+,26-,27-/m0/s1. The van der Waals surface area contributed by atoms with Gasteiger partial charge in [-0.05, 0) is 16.1 Å².